The molecule has 0 saturated heterocycles. The summed E-state index contributed by atoms with van der Waals surface area (Å²) in [5.41, 5.74) is 0.926. The number of aromatic amines is 1. The highest BCUT2D eigenvalue weighted by Crippen LogP contribution is 2.27. The van der Waals surface area contributed by atoms with Crippen LogP contribution in [-0.4, -0.2) is 40.6 Å². The molecule has 6 heteroatoms. The molecule has 0 radical (unpaired) electrons. The summed E-state index contributed by atoms with van der Waals surface area (Å²) in [4.78, 5) is 16.2. The number of rotatable bonds is 5. The van der Waals surface area contributed by atoms with E-state index in [0.29, 0.717) is 18.4 Å². The molecule has 0 bridgehead atoms. The summed E-state index contributed by atoms with van der Waals surface area (Å²) in [5, 5.41) is 9.88. The minimum atomic E-state index is -0.0541. The molecule has 0 saturated carbocycles. The molecule has 2 heterocycles. The van der Waals surface area contributed by atoms with Gasteiger partial charge in [0.25, 0.3) is 0 Å². The summed E-state index contributed by atoms with van der Waals surface area (Å²) in [7, 11) is 1.93. The molecule has 0 unspecified atom stereocenters. The van der Waals surface area contributed by atoms with Gasteiger partial charge in [0.15, 0.2) is 5.82 Å². The number of carbonyl (C=O) groups excluding carboxylic acids is 1. The first-order chi connectivity index (χ1) is 9.45. The van der Waals surface area contributed by atoms with Gasteiger partial charge in [-0.15, -0.1) is 11.3 Å². The van der Waals surface area contributed by atoms with Crippen molar-refractivity contribution in [2.45, 2.75) is 26.8 Å². The quantitative estimate of drug-likeness (QED) is 0.890. The molecule has 2 rings (SSSR count). The summed E-state index contributed by atoms with van der Waals surface area (Å²) in [6, 6.07) is 6.31. The van der Waals surface area contributed by atoms with Crippen LogP contribution in [0.3, 0.4) is 0 Å². The van der Waals surface area contributed by atoms with Gasteiger partial charge in [-0.05, 0) is 40.0 Å². The summed E-state index contributed by atoms with van der Waals surface area (Å²) >= 11 is 1.70. The molecule has 20 heavy (non-hydrogen) atoms. The molecular weight excluding hydrogens is 272 g/mol. The van der Waals surface area contributed by atoms with Crippen LogP contribution in [0.4, 0.5) is 5.82 Å². The summed E-state index contributed by atoms with van der Waals surface area (Å²) in [6.45, 7) is 6.53. The van der Waals surface area contributed by atoms with E-state index in [1.165, 1.54) is 4.88 Å². The lowest BCUT2D eigenvalue weighted by Crippen LogP contribution is -2.34. The molecule has 0 atom stereocenters. The van der Waals surface area contributed by atoms with Gasteiger partial charge >= 0.3 is 0 Å². The number of amides is 1. The molecule has 0 fully saturated rings. The van der Waals surface area contributed by atoms with E-state index < -0.39 is 0 Å². The Kier molecular flexibility index (Phi) is 4.57. The lowest BCUT2D eigenvalue weighted by Gasteiger charge is -2.19. The van der Waals surface area contributed by atoms with E-state index in [4.69, 9.17) is 0 Å². The van der Waals surface area contributed by atoms with Gasteiger partial charge in [0.1, 0.15) is 0 Å². The van der Waals surface area contributed by atoms with E-state index in [0.717, 1.165) is 10.6 Å². The zero-order valence-corrected chi connectivity index (χ0v) is 13.0. The van der Waals surface area contributed by atoms with Gasteiger partial charge in [-0.2, -0.15) is 5.10 Å². The maximum atomic E-state index is 11.9. The highest BCUT2D eigenvalue weighted by molar-refractivity contribution is 7.15. The Hall–Kier alpha value is -1.66. The van der Waals surface area contributed by atoms with Crippen molar-refractivity contribution in [1.29, 1.82) is 0 Å². The molecule has 2 aromatic heterocycles. The van der Waals surface area contributed by atoms with Gasteiger partial charge in [0, 0.05) is 17.0 Å². The van der Waals surface area contributed by atoms with Gasteiger partial charge in [0.2, 0.25) is 5.91 Å². The van der Waals surface area contributed by atoms with E-state index in [9.17, 15) is 4.79 Å². The maximum absolute atomic E-state index is 11.9. The van der Waals surface area contributed by atoms with Crippen LogP contribution < -0.4 is 5.32 Å². The number of aryl methyl sites for hydroxylation is 1. The fourth-order valence-corrected chi connectivity index (χ4v) is 2.52. The standard InChI is InChI=1S/C14H20N4OS/c1-9(2)18(4)8-14(19)15-13-7-11(16-17-13)12-6-5-10(3)20-12/h5-7,9H,8H2,1-4H3,(H2,15,16,17,19). The highest BCUT2D eigenvalue weighted by Gasteiger charge is 2.12. The zero-order chi connectivity index (χ0) is 14.7. The van der Waals surface area contributed by atoms with E-state index in [1.807, 2.05) is 24.1 Å². The molecule has 2 aromatic rings. The Morgan fingerprint density at radius 2 is 2.25 bits per heavy atom. The van der Waals surface area contributed by atoms with Crippen LogP contribution in [0.5, 0.6) is 0 Å². The summed E-state index contributed by atoms with van der Waals surface area (Å²) in [5.74, 6) is 0.509. The second-order valence-corrected chi connectivity index (χ2v) is 6.42. The molecule has 0 aliphatic heterocycles. The molecule has 0 aliphatic rings. The fraction of sp³-hybridized carbons (Fsp3) is 0.429. The first-order valence-electron chi connectivity index (χ1n) is 6.58. The van der Waals surface area contributed by atoms with Gasteiger partial charge in [0.05, 0.1) is 17.1 Å². The van der Waals surface area contributed by atoms with Crippen molar-refractivity contribution in [3.63, 3.8) is 0 Å². The predicted octanol–water partition coefficient (Wildman–Crippen LogP) is 2.73. The summed E-state index contributed by atoms with van der Waals surface area (Å²) < 4.78 is 0. The summed E-state index contributed by atoms with van der Waals surface area (Å²) in [6.07, 6.45) is 0. The molecule has 0 aromatic carbocycles. The van der Waals surface area contributed by atoms with Crippen molar-refractivity contribution < 1.29 is 4.79 Å². The monoisotopic (exact) mass is 292 g/mol. The number of aromatic nitrogens is 2. The number of H-pyrrole nitrogens is 1. The third kappa shape index (κ3) is 3.68. The van der Waals surface area contributed by atoms with Crippen molar-refractivity contribution >= 4 is 23.1 Å². The minimum absolute atomic E-state index is 0.0541. The Bertz CT molecular complexity index is 588. The predicted molar refractivity (Wildman–Crippen MR) is 83.0 cm³/mol. The van der Waals surface area contributed by atoms with E-state index in [1.54, 1.807) is 11.3 Å². The molecule has 0 spiro atoms. The van der Waals surface area contributed by atoms with Crippen molar-refractivity contribution in [3.8, 4) is 10.6 Å². The third-order valence-electron chi connectivity index (χ3n) is 3.13. The highest BCUT2D eigenvalue weighted by atomic mass is 32.1. The van der Waals surface area contributed by atoms with Crippen molar-refractivity contribution in [2.75, 3.05) is 18.9 Å². The Morgan fingerprint density at radius 1 is 1.50 bits per heavy atom. The van der Waals surface area contributed by atoms with Crippen LogP contribution in [0.25, 0.3) is 10.6 Å². The SMILES string of the molecule is Cc1ccc(-c2cc(NC(=O)CN(C)C(C)C)n[nH]2)s1. The zero-order valence-electron chi connectivity index (χ0n) is 12.2. The van der Waals surface area contributed by atoms with E-state index >= 15 is 0 Å². The topological polar surface area (TPSA) is 61.0 Å². The number of thiophene rings is 1. The largest absolute Gasteiger partial charge is 0.308 e. The lowest BCUT2D eigenvalue weighted by atomic mass is 10.3. The number of hydrogen-bond donors (Lipinski definition) is 2. The van der Waals surface area contributed by atoms with Crippen LogP contribution in [0.2, 0.25) is 0 Å². The average Bonchev–Trinajstić information content (AvgIpc) is 2.97. The Labute approximate surface area is 123 Å². The number of anilines is 1. The molecule has 2 N–H and O–H groups in total. The fourth-order valence-electron chi connectivity index (χ4n) is 1.68. The van der Waals surface area contributed by atoms with Gasteiger partial charge in [-0.25, -0.2) is 0 Å². The number of carbonyl (C=O) groups is 1. The molecule has 108 valence electrons. The second kappa shape index (κ2) is 6.19. The number of hydrogen-bond acceptors (Lipinski definition) is 4. The minimum Gasteiger partial charge on any atom is -0.308 e. The number of likely N-dealkylation sites (N-methyl/N-ethyl adjacent to an activating group) is 1. The van der Waals surface area contributed by atoms with Crippen molar-refractivity contribution in [2.24, 2.45) is 0 Å². The lowest BCUT2D eigenvalue weighted by molar-refractivity contribution is -0.117. The van der Waals surface area contributed by atoms with Gasteiger partial charge < -0.3 is 5.32 Å². The van der Waals surface area contributed by atoms with Crippen molar-refractivity contribution in [3.05, 3.63) is 23.1 Å². The smallest absolute Gasteiger partial charge is 0.239 e. The number of nitrogens with one attached hydrogen (secondary N) is 2. The van der Waals surface area contributed by atoms with Crippen LogP contribution >= 0.6 is 11.3 Å². The Morgan fingerprint density at radius 3 is 2.85 bits per heavy atom. The van der Waals surface area contributed by atoms with Crippen LogP contribution in [0, 0.1) is 6.92 Å². The molecule has 0 aliphatic carbocycles. The van der Waals surface area contributed by atoms with Gasteiger partial charge in [-0.1, -0.05) is 0 Å². The Balaban J connectivity index is 1.98. The first-order valence-corrected chi connectivity index (χ1v) is 7.39. The van der Waals surface area contributed by atoms with Crippen molar-refractivity contribution in [1.82, 2.24) is 15.1 Å². The maximum Gasteiger partial charge on any atom is 0.239 e. The van der Waals surface area contributed by atoms with E-state index in [2.05, 4.69) is 42.4 Å². The molecule has 5 nitrogen and oxygen atoms in total. The second-order valence-electron chi connectivity index (χ2n) is 5.13. The number of nitrogens with zero attached hydrogens (tertiary/aromatic N) is 2. The molecular formula is C14H20N4OS. The van der Waals surface area contributed by atoms with E-state index in [-0.39, 0.29) is 5.91 Å². The first kappa shape index (κ1) is 14.7. The third-order valence-corrected chi connectivity index (χ3v) is 4.16. The van der Waals surface area contributed by atoms with Crippen LogP contribution in [-0.2, 0) is 4.79 Å². The normalized spacial score (nSPS) is 11.3. The molecule has 1 amide bonds. The average molecular weight is 292 g/mol. The van der Waals surface area contributed by atoms with Gasteiger partial charge in [-0.3, -0.25) is 14.8 Å². The van der Waals surface area contributed by atoms with Crippen LogP contribution in [0.1, 0.15) is 18.7 Å². The van der Waals surface area contributed by atoms with Crippen LogP contribution in [0.15, 0.2) is 18.2 Å².